The summed E-state index contributed by atoms with van der Waals surface area (Å²) in [4.78, 5) is 36.9. The summed E-state index contributed by atoms with van der Waals surface area (Å²) in [7, 11) is 3.03. The number of amides is 3. The van der Waals surface area contributed by atoms with E-state index in [-0.39, 0.29) is 18.8 Å². The first-order valence-corrected chi connectivity index (χ1v) is 13.2. The number of hydrazone groups is 1. The molecule has 0 radical (unpaired) electrons. The van der Waals surface area contributed by atoms with Crippen molar-refractivity contribution in [3.8, 4) is 17.2 Å². The fourth-order valence-electron chi connectivity index (χ4n) is 3.61. The van der Waals surface area contributed by atoms with Gasteiger partial charge in [0.25, 0.3) is 5.91 Å². The predicted octanol–water partition coefficient (Wildman–Crippen LogP) is 3.79. The number of urea groups is 1. The van der Waals surface area contributed by atoms with E-state index in [0.717, 1.165) is 13.6 Å². The number of ether oxygens (including phenoxy) is 4. The van der Waals surface area contributed by atoms with Gasteiger partial charge in [-0.15, -0.1) is 0 Å². The Morgan fingerprint density at radius 3 is 2.61 bits per heavy atom. The molecular weight excluding hydrogens is 675 g/mol. The number of carbonyl (C=O) groups is 3. The summed E-state index contributed by atoms with van der Waals surface area (Å²) >= 11 is 5.58. The lowest BCUT2D eigenvalue weighted by Gasteiger charge is -2.28. The van der Waals surface area contributed by atoms with E-state index in [1.165, 1.54) is 13.3 Å². The van der Waals surface area contributed by atoms with E-state index in [1.807, 2.05) is 12.1 Å². The Morgan fingerprint density at radius 2 is 1.95 bits per heavy atom. The minimum atomic E-state index is -0.760. The van der Waals surface area contributed by atoms with Crippen LogP contribution in [-0.4, -0.2) is 51.6 Å². The van der Waals surface area contributed by atoms with Crippen molar-refractivity contribution in [2.24, 2.45) is 5.10 Å². The number of nitrogens with zero attached hydrogens (tertiary/aromatic N) is 1. The quantitative estimate of drug-likeness (QED) is 0.149. The molecule has 202 valence electrons. The third-order valence-electron chi connectivity index (χ3n) is 5.27. The van der Waals surface area contributed by atoms with Crippen LogP contribution in [0.1, 0.15) is 31.0 Å². The van der Waals surface area contributed by atoms with E-state index in [4.69, 9.17) is 18.9 Å². The van der Waals surface area contributed by atoms with Crippen molar-refractivity contribution in [2.45, 2.75) is 19.9 Å². The van der Waals surface area contributed by atoms with Crippen molar-refractivity contribution >= 4 is 62.6 Å². The van der Waals surface area contributed by atoms with E-state index in [2.05, 4.69) is 59.7 Å². The maximum absolute atomic E-state index is 12.5. The van der Waals surface area contributed by atoms with Crippen molar-refractivity contribution in [1.29, 1.82) is 0 Å². The molecule has 1 atom stereocenters. The molecule has 1 heterocycles. The molecule has 38 heavy (non-hydrogen) atoms. The Kier molecular flexibility index (Phi) is 10.4. The van der Waals surface area contributed by atoms with E-state index >= 15 is 0 Å². The SMILES string of the molecule is CCOC(=O)C1=C(C)NC(=O)N[C@@H]1c1ccc(OCC(=O)N/N=C\c2cc(Br)c(OC)c(I)c2)c(OC)c1. The average Bonchev–Trinajstić information content (AvgIpc) is 2.86. The van der Waals surface area contributed by atoms with Crippen molar-refractivity contribution < 1.29 is 33.3 Å². The first-order chi connectivity index (χ1) is 18.2. The lowest BCUT2D eigenvalue weighted by atomic mass is 9.95. The molecule has 1 aliphatic rings. The number of esters is 1. The van der Waals surface area contributed by atoms with Gasteiger partial charge in [0.15, 0.2) is 18.1 Å². The number of halogens is 2. The van der Waals surface area contributed by atoms with Crippen molar-refractivity contribution in [1.82, 2.24) is 16.1 Å². The molecule has 3 N–H and O–H groups in total. The summed E-state index contributed by atoms with van der Waals surface area (Å²) in [6.45, 7) is 3.19. The molecule has 0 unspecified atom stereocenters. The molecule has 3 rings (SSSR count). The van der Waals surface area contributed by atoms with Crippen LogP contribution in [0, 0.1) is 3.57 Å². The zero-order valence-corrected chi connectivity index (χ0v) is 24.8. The van der Waals surface area contributed by atoms with Gasteiger partial charge in [-0.1, -0.05) is 6.07 Å². The van der Waals surface area contributed by atoms with Gasteiger partial charge in [0.05, 0.1) is 46.7 Å². The second-order valence-corrected chi connectivity index (χ2v) is 9.82. The van der Waals surface area contributed by atoms with Crippen LogP contribution >= 0.6 is 38.5 Å². The molecule has 2 aromatic carbocycles. The number of benzene rings is 2. The van der Waals surface area contributed by atoms with Gasteiger partial charge in [0, 0.05) is 5.70 Å². The summed E-state index contributed by atoms with van der Waals surface area (Å²) in [5.74, 6) is 0.290. The molecule has 3 amide bonds. The lowest BCUT2D eigenvalue weighted by Crippen LogP contribution is -2.45. The molecule has 0 saturated heterocycles. The summed E-state index contributed by atoms with van der Waals surface area (Å²) in [5.41, 5.74) is 4.41. The predicted molar refractivity (Wildman–Crippen MR) is 151 cm³/mol. The molecule has 13 heteroatoms. The fourth-order valence-corrected chi connectivity index (χ4v) is 5.49. The number of allylic oxidation sites excluding steroid dienone is 1. The third-order valence-corrected chi connectivity index (χ3v) is 6.66. The second-order valence-electron chi connectivity index (χ2n) is 7.80. The van der Waals surface area contributed by atoms with Crippen molar-refractivity contribution in [3.05, 3.63) is 60.8 Å². The van der Waals surface area contributed by atoms with Crippen LogP contribution < -0.4 is 30.3 Å². The van der Waals surface area contributed by atoms with Crippen molar-refractivity contribution in [3.63, 3.8) is 0 Å². The maximum atomic E-state index is 12.5. The highest BCUT2D eigenvalue weighted by Gasteiger charge is 2.32. The minimum Gasteiger partial charge on any atom is -0.494 e. The molecule has 11 nitrogen and oxygen atoms in total. The number of carbonyl (C=O) groups excluding carboxylic acids is 3. The summed E-state index contributed by atoms with van der Waals surface area (Å²) in [5, 5.41) is 9.28. The summed E-state index contributed by atoms with van der Waals surface area (Å²) < 4.78 is 23.2. The van der Waals surface area contributed by atoms with Crippen LogP contribution in [0.25, 0.3) is 0 Å². The molecular formula is C25H26BrIN4O7. The molecule has 0 saturated carbocycles. The Balaban J connectivity index is 1.68. The molecule has 0 fully saturated rings. The molecule has 2 aromatic rings. The molecule has 0 aliphatic carbocycles. The number of rotatable bonds is 10. The monoisotopic (exact) mass is 700 g/mol. The molecule has 0 aromatic heterocycles. The fraction of sp³-hybridized carbons (Fsp3) is 0.280. The van der Waals surface area contributed by atoms with E-state index < -0.39 is 23.9 Å². The largest absolute Gasteiger partial charge is 0.494 e. The Bertz CT molecular complexity index is 1280. The maximum Gasteiger partial charge on any atom is 0.338 e. The zero-order valence-electron chi connectivity index (χ0n) is 21.0. The van der Waals surface area contributed by atoms with E-state index in [1.54, 1.807) is 39.2 Å². The second kappa shape index (κ2) is 13.5. The zero-order chi connectivity index (χ0) is 27.8. The number of hydrogen-bond acceptors (Lipinski definition) is 8. The molecule has 0 bridgehead atoms. The van der Waals surface area contributed by atoms with Crippen LogP contribution in [0.2, 0.25) is 0 Å². The number of hydrogen-bond donors (Lipinski definition) is 3. The van der Waals surface area contributed by atoms with Gasteiger partial charge in [-0.25, -0.2) is 15.0 Å². The first-order valence-electron chi connectivity index (χ1n) is 11.3. The summed E-state index contributed by atoms with van der Waals surface area (Å²) in [6.07, 6.45) is 1.50. The van der Waals surface area contributed by atoms with Gasteiger partial charge in [-0.2, -0.15) is 5.10 Å². The third kappa shape index (κ3) is 7.16. The van der Waals surface area contributed by atoms with E-state index in [9.17, 15) is 14.4 Å². The number of methoxy groups -OCH3 is 2. The Labute approximate surface area is 241 Å². The standard InChI is InChI=1S/C25H26BrIN4O7/c1-5-37-24(33)21-13(2)29-25(34)30-22(21)15-6-7-18(19(10-15)35-3)38-12-20(32)31-28-11-14-8-16(26)23(36-4)17(27)9-14/h6-11,22H,5,12H2,1-4H3,(H,31,32)(H2,29,30,34)/b28-11-/t22-/m1/s1. The van der Waals surface area contributed by atoms with Gasteiger partial charge in [0.1, 0.15) is 5.75 Å². The van der Waals surface area contributed by atoms with Crippen LogP contribution in [0.5, 0.6) is 17.2 Å². The highest BCUT2D eigenvalue weighted by atomic mass is 127. The van der Waals surface area contributed by atoms with Crippen molar-refractivity contribution in [2.75, 3.05) is 27.4 Å². The first kappa shape index (κ1) is 29.2. The van der Waals surface area contributed by atoms with Crippen LogP contribution in [0.3, 0.4) is 0 Å². The smallest absolute Gasteiger partial charge is 0.338 e. The van der Waals surface area contributed by atoms with Gasteiger partial charge in [-0.05, 0) is 87.8 Å². The van der Waals surface area contributed by atoms with Gasteiger partial charge < -0.3 is 29.6 Å². The summed E-state index contributed by atoms with van der Waals surface area (Å²) in [6, 6.07) is 7.34. The highest BCUT2D eigenvalue weighted by molar-refractivity contribution is 14.1. The minimum absolute atomic E-state index is 0.190. The molecule has 1 aliphatic heterocycles. The topological polar surface area (TPSA) is 137 Å². The van der Waals surface area contributed by atoms with Gasteiger partial charge in [-0.3, -0.25) is 4.79 Å². The lowest BCUT2D eigenvalue weighted by molar-refractivity contribution is -0.139. The number of nitrogens with one attached hydrogen (secondary N) is 3. The normalized spacial score (nSPS) is 15.0. The highest BCUT2D eigenvalue weighted by Crippen LogP contribution is 2.35. The van der Waals surface area contributed by atoms with Crippen LogP contribution in [-0.2, 0) is 14.3 Å². The van der Waals surface area contributed by atoms with Crippen LogP contribution in [0.15, 0.2) is 51.2 Å². The van der Waals surface area contributed by atoms with Gasteiger partial charge in [0.2, 0.25) is 0 Å². The Morgan fingerprint density at radius 1 is 1.18 bits per heavy atom. The van der Waals surface area contributed by atoms with Gasteiger partial charge >= 0.3 is 12.0 Å². The van der Waals surface area contributed by atoms with E-state index in [0.29, 0.717) is 28.5 Å². The molecule has 0 spiro atoms. The van der Waals surface area contributed by atoms with Crippen LogP contribution in [0.4, 0.5) is 4.79 Å². The Hall–Kier alpha value is -3.33. The average molecular weight is 701 g/mol.